The Bertz CT molecular complexity index is 696. The van der Waals surface area contributed by atoms with E-state index in [9.17, 15) is 26.3 Å². The van der Waals surface area contributed by atoms with Crippen LogP contribution in [0.3, 0.4) is 0 Å². The predicted octanol–water partition coefficient (Wildman–Crippen LogP) is 5.80. The zero-order chi connectivity index (χ0) is 17.3. The first-order valence-electron chi connectivity index (χ1n) is 5.95. The van der Waals surface area contributed by atoms with Crippen molar-refractivity contribution in [2.24, 2.45) is 0 Å². The number of para-hydroxylation sites is 1. The van der Waals surface area contributed by atoms with Crippen molar-refractivity contribution in [3.8, 4) is 22.6 Å². The van der Waals surface area contributed by atoms with Crippen LogP contribution in [-0.2, 0) is 0 Å². The molecule has 0 saturated heterocycles. The molecule has 2 rings (SSSR count). The van der Waals surface area contributed by atoms with Crippen molar-refractivity contribution in [3.05, 3.63) is 47.5 Å². The van der Waals surface area contributed by atoms with E-state index >= 15 is 0 Å². The summed E-state index contributed by atoms with van der Waals surface area (Å²) in [7, 11) is 0. The van der Waals surface area contributed by atoms with Gasteiger partial charge in [0.05, 0.1) is 5.02 Å². The molecule has 0 aliphatic carbocycles. The molecule has 0 saturated carbocycles. The molecule has 0 aliphatic rings. The number of hydrogen-bond donors (Lipinski definition) is 0. The van der Waals surface area contributed by atoms with Gasteiger partial charge in [0.2, 0.25) is 0 Å². The van der Waals surface area contributed by atoms with Crippen LogP contribution in [-0.4, -0.2) is 12.7 Å². The molecule has 0 N–H and O–H groups in total. The molecule has 124 valence electrons. The maximum absolute atomic E-state index is 12.4. The highest BCUT2D eigenvalue weighted by atomic mass is 35.5. The SMILES string of the molecule is FC(F)(F)Oc1ccc(-c2ccccc2OC(F)(F)F)c(Cl)c1. The van der Waals surface area contributed by atoms with Gasteiger partial charge in [-0.05, 0) is 24.3 Å². The first kappa shape index (κ1) is 17.3. The minimum atomic E-state index is -4.91. The summed E-state index contributed by atoms with van der Waals surface area (Å²) in [4.78, 5) is 0. The van der Waals surface area contributed by atoms with Crippen LogP contribution in [0.5, 0.6) is 11.5 Å². The van der Waals surface area contributed by atoms with Gasteiger partial charge < -0.3 is 9.47 Å². The van der Waals surface area contributed by atoms with Crippen LogP contribution in [0.2, 0.25) is 5.02 Å². The number of rotatable bonds is 3. The van der Waals surface area contributed by atoms with Gasteiger partial charge in [0.15, 0.2) is 0 Å². The van der Waals surface area contributed by atoms with Crippen LogP contribution in [0, 0.1) is 0 Å². The van der Waals surface area contributed by atoms with E-state index in [0.29, 0.717) is 0 Å². The third-order valence-electron chi connectivity index (χ3n) is 2.58. The molecule has 0 unspecified atom stereocenters. The smallest absolute Gasteiger partial charge is 0.406 e. The van der Waals surface area contributed by atoms with E-state index in [2.05, 4.69) is 9.47 Å². The summed E-state index contributed by atoms with van der Waals surface area (Å²) >= 11 is 5.85. The van der Waals surface area contributed by atoms with E-state index in [1.807, 2.05) is 0 Å². The number of alkyl halides is 6. The fraction of sp³-hybridized carbons (Fsp3) is 0.143. The maximum atomic E-state index is 12.4. The average Bonchev–Trinajstić information content (AvgIpc) is 2.36. The van der Waals surface area contributed by atoms with Crippen molar-refractivity contribution in [3.63, 3.8) is 0 Å². The third-order valence-corrected chi connectivity index (χ3v) is 2.89. The normalized spacial score (nSPS) is 12.1. The number of benzene rings is 2. The summed E-state index contributed by atoms with van der Waals surface area (Å²) in [5, 5.41) is -0.218. The van der Waals surface area contributed by atoms with Gasteiger partial charge in [0, 0.05) is 11.1 Å². The Morgan fingerprint density at radius 2 is 1.35 bits per heavy atom. The quantitative estimate of drug-likeness (QED) is 0.647. The van der Waals surface area contributed by atoms with Crippen molar-refractivity contribution < 1.29 is 35.8 Å². The standard InChI is InChI=1S/C14H7ClF6O2/c15-11-7-8(22-13(16,17)18)5-6-9(11)10-3-1-2-4-12(10)23-14(19,20)21/h1-7H. The van der Waals surface area contributed by atoms with Crippen molar-refractivity contribution in [2.45, 2.75) is 12.7 Å². The Morgan fingerprint density at radius 3 is 1.91 bits per heavy atom. The van der Waals surface area contributed by atoms with E-state index < -0.39 is 24.2 Å². The minimum absolute atomic E-state index is 0.0200. The molecule has 0 aromatic heterocycles. The Labute approximate surface area is 131 Å². The van der Waals surface area contributed by atoms with Crippen molar-refractivity contribution in [1.82, 2.24) is 0 Å². The average molecular weight is 357 g/mol. The molecule has 0 aliphatic heterocycles. The zero-order valence-corrected chi connectivity index (χ0v) is 11.8. The number of halogens is 7. The highest BCUT2D eigenvalue weighted by Crippen LogP contribution is 2.39. The minimum Gasteiger partial charge on any atom is -0.406 e. The van der Waals surface area contributed by atoms with Crippen LogP contribution in [0.1, 0.15) is 0 Å². The highest BCUT2D eigenvalue weighted by molar-refractivity contribution is 6.33. The van der Waals surface area contributed by atoms with Crippen LogP contribution >= 0.6 is 11.6 Å². The fourth-order valence-electron chi connectivity index (χ4n) is 1.81. The highest BCUT2D eigenvalue weighted by Gasteiger charge is 2.33. The maximum Gasteiger partial charge on any atom is 0.573 e. The summed E-state index contributed by atoms with van der Waals surface area (Å²) in [5.74, 6) is -1.10. The van der Waals surface area contributed by atoms with E-state index in [1.165, 1.54) is 18.2 Å². The lowest BCUT2D eigenvalue weighted by Gasteiger charge is -2.15. The second-order valence-corrected chi connectivity index (χ2v) is 4.64. The monoisotopic (exact) mass is 356 g/mol. The Hall–Kier alpha value is -2.09. The molecule has 9 heteroatoms. The summed E-state index contributed by atoms with van der Waals surface area (Å²) in [6.45, 7) is 0. The molecule has 0 heterocycles. The van der Waals surface area contributed by atoms with Gasteiger partial charge in [-0.25, -0.2) is 0 Å². The topological polar surface area (TPSA) is 18.5 Å². The molecule has 23 heavy (non-hydrogen) atoms. The van der Waals surface area contributed by atoms with Gasteiger partial charge in [-0.3, -0.25) is 0 Å². The molecule has 2 nitrogen and oxygen atoms in total. The summed E-state index contributed by atoms with van der Waals surface area (Å²) in [6.07, 6.45) is -9.82. The molecule has 0 radical (unpaired) electrons. The predicted molar refractivity (Wildman–Crippen MR) is 70.3 cm³/mol. The molecule has 2 aromatic carbocycles. The van der Waals surface area contributed by atoms with Crippen LogP contribution in [0.25, 0.3) is 11.1 Å². The van der Waals surface area contributed by atoms with Crippen LogP contribution in [0.15, 0.2) is 42.5 Å². The van der Waals surface area contributed by atoms with Gasteiger partial charge in [-0.1, -0.05) is 29.8 Å². The van der Waals surface area contributed by atoms with Gasteiger partial charge in [0.25, 0.3) is 0 Å². The molecule has 0 fully saturated rings. The van der Waals surface area contributed by atoms with Gasteiger partial charge in [-0.2, -0.15) is 0 Å². The first-order valence-corrected chi connectivity index (χ1v) is 6.33. The fourth-order valence-corrected chi connectivity index (χ4v) is 2.09. The van der Waals surface area contributed by atoms with E-state index in [0.717, 1.165) is 24.3 Å². The van der Waals surface area contributed by atoms with E-state index in [4.69, 9.17) is 11.6 Å². The number of hydrogen-bond acceptors (Lipinski definition) is 2. The lowest BCUT2D eigenvalue weighted by Crippen LogP contribution is -2.17. The first-order chi connectivity index (χ1) is 10.6. The van der Waals surface area contributed by atoms with Crippen LogP contribution in [0.4, 0.5) is 26.3 Å². The van der Waals surface area contributed by atoms with E-state index in [-0.39, 0.29) is 16.1 Å². The van der Waals surface area contributed by atoms with Gasteiger partial charge in [0.1, 0.15) is 11.5 Å². The van der Waals surface area contributed by atoms with Crippen LogP contribution < -0.4 is 9.47 Å². The second-order valence-electron chi connectivity index (χ2n) is 4.23. The Morgan fingerprint density at radius 1 is 0.739 bits per heavy atom. The van der Waals surface area contributed by atoms with Crippen molar-refractivity contribution in [2.75, 3.05) is 0 Å². The molecular formula is C14H7ClF6O2. The third kappa shape index (κ3) is 4.95. The lowest BCUT2D eigenvalue weighted by molar-refractivity contribution is -0.275. The molecule has 0 atom stereocenters. The van der Waals surface area contributed by atoms with E-state index in [1.54, 1.807) is 0 Å². The molecule has 2 aromatic rings. The Kier molecular flexibility index (Phi) is 4.65. The molecule has 0 amide bonds. The summed E-state index contributed by atoms with van der Waals surface area (Å²) < 4.78 is 81.1. The van der Waals surface area contributed by atoms with Gasteiger partial charge >= 0.3 is 12.7 Å². The Balaban J connectivity index is 2.40. The lowest BCUT2D eigenvalue weighted by atomic mass is 10.0. The van der Waals surface area contributed by atoms with Crippen molar-refractivity contribution in [1.29, 1.82) is 0 Å². The zero-order valence-electron chi connectivity index (χ0n) is 11.0. The molecule has 0 bridgehead atoms. The summed E-state index contributed by atoms with van der Waals surface area (Å²) in [5.41, 5.74) is 0.0504. The number of ether oxygens (including phenoxy) is 2. The summed E-state index contributed by atoms with van der Waals surface area (Å²) in [6, 6.07) is 8.04. The largest absolute Gasteiger partial charge is 0.573 e. The van der Waals surface area contributed by atoms with Crippen molar-refractivity contribution >= 4 is 11.6 Å². The molecular weight excluding hydrogens is 350 g/mol. The van der Waals surface area contributed by atoms with Gasteiger partial charge in [-0.15, -0.1) is 26.3 Å². The second kappa shape index (κ2) is 6.19. The molecule has 0 spiro atoms.